The molecule has 0 aromatic heterocycles. The molecule has 0 aliphatic carbocycles. The lowest BCUT2D eigenvalue weighted by molar-refractivity contribution is 1.63. The number of hydrogen-bond donors (Lipinski definition) is 0. The van der Waals surface area contributed by atoms with Crippen molar-refractivity contribution >= 4 is 40.4 Å². The lowest BCUT2D eigenvalue weighted by Crippen LogP contribution is -2.72. The first-order valence-corrected chi connectivity index (χ1v) is 13.3. The zero-order chi connectivity index (χ0) is 21.5. The number of fused-ring (bicyclic) bond motifs is 3. The van der Waals surface area contributed by atoms with E-state index in [-0.39, 0.29) is 0 Å². The van der Waals surface area contributed by atoms with Crippen molar-refractivity contribution in [3.8, 4) is 22.3 Å². The molecule has 5 aromatic rings. The lowest BCUT2D eigenvalue weighted by Gasteiger charge is -2.31. The summed E-state index contributed by atoms with van der Waals surface area (Å²) in [5.41, 5.74) is 5.15. The molecule has 152 valence electrons. The highest BCUT2D eigenvalue weighted by molar-refractivity contribution is 7.22. The molecule has 0 saturated carbocycles. The summed E-state index contributed by atoms with van der Waals surface area (Å²) in [4.78, 5) is 0. The van der Waals surface area contributed by atoms with Crippen LogP contribution in [0.2, 0.25) is 5.02 Å². The summed E-state index contributed by atoms with van der Waals surface area (Å²) in [6.07, 6.45) is 0. The zero-order valence-corrected chi connectivity index (χ0v) is 19.3. The van der Waals surface area contributed by atoms with Crippen LogP contribution in [0.25, 0.3) is 22.3 Å². The van der Waals surface area contributed by atoms with Gasteiger partial charge in [-0.3, -0.25) is 0 Å². The monoisotopic (exact) mass is 444 g/mol. The van der Waals surface area contributed by atoms with Crippen molar-refractivity contribution in [3.05, 3.63) is 132 Å². The van der Waals surface area contributed by atoms with E-state index in [9.17, 15) is 0 Å². The van der Waals surface area contributed by atoms with E-state index in [0.29, 0.717) is 0 Å². The van der Waals surface area contributed by atoms with Gasteiger partial charge in [0.05, 0.1) is 0 Å². The second-order valence-corrected chi connectivity index (χ2v) is 12.5. The zero-order valence-electron chi connectivity index (χ0n) is 17.5. The van der Waals surface area contributed by atoms with Gasteiger partial charge in [0.1, 0.15) is 0 Å². The van der Waals surface area contributed by atoms with Crippen LogP contribution in [0, 0.1) is 0 Å². The van der Waals surface area contributed by atoms with E-state index in [1.807, 2.05) is 12.1 Å². The molecular weight excluding hydrogens is 424 g/mol. The Morgan fingerprint density at radius 1 is 0.438 bits per heavy atom. The van der Waals surface area contributed by atoms with Crippen molar-refractivity contribution in [2.75, 3.05) is 0 Å². The van der Waals surface area contributed by atoms with E-state index >= 15 is 0 Å². The van der Waals surface area contributed by atoms with E-state index in [2.05, 4.69) is 115 Å². The van der Waals surface area contributed by atoms with Gasteiger partial charge in [0, 0.05) is 5.02 Å². The molecule has 0 radical (unpaired) electrons. The van der Waals surface area contributed by atoms with Gasteiger partial charge >= 0.3 is 0 Å². The van der Waals surface area contributed by atoms with Crippen LogP contribution in [0.4, 0.5) is 0 Å². The summed E-state index contributed by atoms with van der Waals surface area (Å²) < 4.78 is 0. The minimum absolute atomic E-state index is 0.764. The first-order chi connectivity index (χ1) is 15.8. The van der Waals surface area contributed by atoms with Gasteiger partial charge in [0.2, 0.25) is 0 Å². The first-order valence-electron chi connectivity index (χ1n) is 10.9. The molecule has 1 heterocycles. The highest BCUT2D eigenvalue weighted by Crippen LogP contribution is 2.31. The minimum Gasteiger partial charge on any atom is -0.0843 e. The summed E-state index contributed by atoms with van der Waals surface area (Å²) in [7, 11) is -2.43. The number of hydrogen-bond acceptors (Lipinski definition) is 0. The van der Waals surface area contributed by atoms with Gasteiger partial charge in [-0.05, 0) is 55.1 Å². The van der Waals surface area contributed by atoms with Gasteiger partial charge in [-0.15, -0.1) is 0 Å². The maximum Gasteiger partial charge on any atom is 0.180 e. The third-order valence-electron chi connectivity index (χ3n) is 6.64. The third kappa shape index (κ3) is 2.82. The van der Waals surface area contributed by atoms with Crippen molar-refractivity contribution in [3.63, 3.8) is 0 Å². The normalized spacial score (nSPS) is 13.4. The lowest BCUT2D eigenvalue weighted by atomic mass is 10.0. The van der Waals surface area contributed by atoms with Crippen molar-refractivity contribution in [2.45, 2.75) is 0 Å². The summed E-state index contributed by atoms with van der Waals surface area (Å²) in [5.74, 6) is 0. The van der Waals surface area contributed by atoms with Gasteiger partial charge in [-0.25, -0.2) is 0 Å². The standard InChI is InChI=1S/C30H21ClSi/c31-24-18-15-22(16-19-24)23-17-20-28-27-13-7-8-14-29(27)32(30(28)21-23,25-9-3-1-4-10-25)26-11-5-2-6-12-26/h1-21H. The largest absolute Gasteiger partial charge is 0.180 e. The van der Waals surface area contributed by atoms with Crippen molar-refractivity contribution in [2.24, 2.45) is 0 Å². The molecule has 0 spiro atoms. The fourth-order valence-corrected chi connectivity index (χ4v) is 10.6. The minimum atomic E-state index is -2.43. The Hall–Kier alpha value is -3.39. The van der Waals surface area contributed by atoms with Crippen LogP contribution in [0.15, 0.2) is 127 Å². The molecule has 0 nitrogen and oxygen atoms in total. The second-order valence-electron chi connectivity index (χ2n) is 8.29. The Morgan fingerprint density at radius 3 is 1.62 bits per heavy atom. The predicted molar refractivity (Wildman–Crippen MR) is 139 cm³/mol. The average Bonchev–Trinajstić information content (AvgIpc) is 3.16. The molecule has 0 bridgehead atoms. The summed E-state index contributed by atoms with van der Waals surface area (Å²) in [6, 6.07) is 46.4. The van der Waals surface area contributed by atoms with Crippen LogP contribution < -0.4 is 20.7 Å². The molecule has 1 aliphatic heterocycles. The van der Waals surface area contributed by atoms with Gasteiger partial charge in [0.25, 0.3) is 0 Å². The van der Waals surface area contributed by atoms with Gasteiger partial charge < -0.3 is 0 Å². The van der Waals surface area contributed by atoms with E-state index in [1.165, 1.54) is 43.0 Å². The third-order valence-corrected chi connectivity index (χ3v) is 11.8. The Kier molecular flexibility index (Phi) is 4.60. The Bertz CT molecular complexity index is 1370. The molecule has 0 amide bonds. The molecule has 5 aromatic carbocycles. The average molecular weight is 445 g/mol. The number of halogens is 1. The van der Waals surface area contributed by atoms with Crippen LogP contribution >= 0.6 is 11.6 Å². The summed E-state index contributed by atoms with van der Waals surface area (Å²) in [5, 5.41) is 6.54. The summed E-state index contributed by atoms with van der Waals surface area (Å²) in [6.45, 7) is 0. The van der Waals surface area contributed by atoms with E-state index < -0.39 is 8.07 Å². The van der Waals surface area contributed by atoms with Gasteiger partial charge in [0.15, 0.2) is 8.07 Å². The molecular formula is C30H21ClSi. The number of benzene rings is 5. The van der Waals surface area contributed by atoms with Crippen LogP contribution in [0.1, 0.15) is 0 Å². The quantitative estimate of drug-likeness (QED) is 0.322. The second kappa shape index (κ2) is 7.63. The molecule has 1 aliphatic rings. The van der Waals surface area contributed by atoms with Crippen molar-refractivity contribution in [1.29, 1.82) is 0 Å². The molecule has 0 N–H and O–H groups in total. The Morgan fingerprint density at radius 2 is 0.969 bits per heavy atom. The fraction of sp³-hybridized carbons (Fsp3) is 0. The molecule has 2 heteroatoms. The molecule has 32 heavy (non-hydrogen) atoms. The highest BCUT2D eigenvalue weighted by Gasteiger charge is 2.48. The van der Waals surface area contributed by atoms with Crippen LogP contribution in [-0.2, 0) is 0 Å². The van der Waals surface area contributed by atoms with Gasteiger partial charge in [-0.2, -0.15) is 0 Å². The Balaban J connectivity index is 1.72. The smallest absolute Gasteiger partial charge is 0.0843 e. The molecule has 0 saturated heterocycles. The van der Waals surface area contributed by atoms with Crippen LogP contribution in [0.3, 0.4) is 0 Å². The van der Waals surface area contributed by atoms with Crippen LogP contribution in [-0.4, -0.2) is 8.07 Å². The van der Waals surface area contributed by atoms with Gasteiger partial charge in [-0.1, -0.05) is 127 Å². The fourth-order valence-electron chi connectivity index (χ4n) is 5.27. The molecule has 0 unspecified atom stereocenters. The van der Waals surface area contributed by atoms with E-state index in [0.717, 1.165) is 5.02 Å². The van der Waals surface area contributed by atoms with Crippen molar-refractivity contribution < 1.29 is 0 Å². The SMILES string of the molecule is Clc1ccc(-c2ccc3c(c2)[Si](c2ccccc2)(c2ccccc2)c2ccccc2-3)cc1. The highest BCUT2D eigenvalue weighted by atomic mass is 35.5. The maximum absolute atomic E-state index is 6.17. The molecule has 6 rings (SSSR count). The predicted octanol–water partition coefficient (Wildman–Crippen LogP) is 5.36. The Labute approximate surface area is 194 Å². The first kappa shape index (κ1) is 19.3. The number of rotatable bonds is 3. The van der Waals surface area contributed by atoms with E-state index in [4.69, 9.17) is 11.6 Å². The van der Waals surface area contributed by atoms with Crippen molar-refractivity contribution in [1.82, 2.24) is 0 Å². The molecule has 0 fully saturated rings. The maximum atomic E-state index is 6.17. The van der Waals surface area contributed by atoms with Crippen LogP contribution in [0.5, 0.6) is 0 Å². The molecule has 0 atom stereocenters. The topological polar surface area (TPSA) is 0 Å². The summed E-state index contributed by atoms with van der Waals surface area (Å²) >= 11 is 6.17. The van der Waals surface area contributed by atoms with E-state index in [1.54, 1.807) is 0 Å².